The third kappa shape index (κ3) is 7.52. The number of nitrogens with zero attached hydrogens (tertiary/aromatic N) is 3. The minimum atomic E-state index is -0.137. The van der Waals surface area contributed by atoms with E-state index in [-0.39, 0.29) is 33.8 Å². The van der Waals surface area contributed by atoms with E-state index in [1.165, 1.54) is 77.4 Å². The maximum absolute atomic E-state index is 7.20. The Labute approximate surface area is 407 Å². The summed E-state index contributed by atoms with van der Waals surface area (Å²) in [7, 11) is 2.25. The van der Waals surface area contributed by atoms with Crippen LogP contribution in [0.25, 0.3) is 21.8 Å². The first-order valence-electron chi connectivity index (χ1n) is 24.8. The SMILES string of the molecule is Cn1c2ccccc2c2c(N(c3ccc(C(C)(C)C)cc3)c3ccc(C(C)(C)C)cc3)ccc(N3c4cc(C(C)(C)C)ccc4B4c5ccc(C(C)(C)C)cc5Oc5cc(C(C)(C)C)cc3c54)c21. The van der Waals surface area contributed by atoms with Crippen LogP contribution >= 0.6 is 0 Å². The zero-order valence-electron chi connectivity index (χ0n) is 43.5. The number of benzene rings is 7. The molecule has 346 valence electrons. The number of aryl methyl sites for hydroxylation is 1. The van der Waals surface area contributed by atoms with E-state index in [2.05, 4.69) is 259 Å². The number of hydrogen-bond donors (Lipinski definition) is 0. The topological polar surface area (TPSA) is 20.6 Å². The van der Waals surface area contributed by atoms with Crippen LogP contribution in [0.5, 0.6) is 11.5 Å². The van der Waals surface area contributed by atoms with Gasteiger partial charge in [0.05, 0.1) is 16.9 Å². The first-order chi connectivity index (χ1) is 31.8. The highest BCUT2D eigenvalue weighted by molar-refractivity contribution is 6.99. The van der Waals surface area contributed by atoms with Gasteiger partial charge in [0, 0.05) is 46.1 Å². The van der Waals surface area contributed by atoms with E-state index in [4.69, 9.17) is 4.74 Å². The van der Waals surface area contributed by atoms with Crippen molar-refractivity contribution in [3.05, 3.63) is 161 Å². The van der Waals surface area contributed by atoms with Crippen LogP contribution < -0.4 is 30.9 Å². The van der Waals surface area contributed by atoms with Gasteiger partial charge in [-0.1, -0.05) is 171 Å². The molecule has 68 heavy (non-hydrogen) atoms. The van der Waals surface area contributed by atoms with Gasteiger partial charge >= 0.3 is 0 Å². The number of aromatic nitrogens is 1. The minimum absolute atomic E-state index is 0.00284. The van der Waals surface area contributed by atoms with Gasteiger partial charge in [-0.15, -0.1) is 0 Å². The molecule has 0 N–H and O–H groups in total. The van der Waals surface area contributed by atoms with E-state index in [1.54, 1.807) is 0 Å². The van der Waals surface area contributed by atoms with Crippen LogP contribution in [0.2, 0.25) is 0 Å². The van der Waals surface area contributed by atoms with Gasteiger partial charge in [0.1, 0.15) is 11.5 Å². The van der Waals surface area contributed by atoms with Gasteiger partial charge in [-0.2, -0.15) is 0 Å². The van der Waals surface area contributed by atoms with Crippen molar-refractivity contribution < 1.29 is 4.74 Å². The smallest absolute Gasteiger partial charge is 0.256 e. The molecule has 4 nitrogen and oxygen atoms in total. The largest absolute Gasteiger partial charge is 0.458 e. The Morgan fingerprint density at radius 3 is 1.49 bits per heavy atom. The highest BCUT2D eigenvalue weighted by atomic mass is 16.5. The van der Waals surface area contributed by atoms with Crippen molar-refractivity contribution in [1.82, 2.24) is 4.57 Å². The number of rotatable bonds is 4. The second kappa shape index (κ2) is 15.4. The standard InChI is InChI=1S/C63H70BN3O/c1-59(2,3)39-21-27-44(28-22-39)66(45-29-23-40(24-30-45)60(4,5)6)50-33-34-51(58-56(50)46-19-17-18-20-49(46)65(58)16)67-52-35-41(61(7,8)9)25-31-47(52)64-48-32-26-42(62(10,11)12)37-54(48)68-55-38-43(63(13,14)15)36-53(67)57(55)64/h17-38H,1-16H3. The van der Waals surface area contributed by atoms with Crippen molar-refractivity contribution in [3.63, 3.8) is 0 Å². The molecule has 1 aromatic heterocycles. The molecule has 0 fully saturated rings. The molecule has 0 amide bonds. The quantitative estimate of drug-likeness (QED) is 0.164. The first-order valence-corrected chi connectivity index (χ1v) is 24.8. The van der Waals surface area contributed by atoms with Gasteiger partial charge < -0.3 is 19.1 Å². The summed E-state index contributed by atoms with van der Waals surface area (Å²) in [6.45, 7) is 34.5. The average Bonchev–Trinajstić information content (AvgIpc) is 3.57. The lowest BCUT2D eigenvalue weighted by Crippen LogP contribution is -2.59. The third-order valence-corrected chi connectivity index (χ3v) is 14.8. The summed E-state index contributed by atoms with van der Waals surface area (Å²) in [5.41, 5.74) is 19.3. The van der Waals surface area contributed by atoms with E-state index in [0.29, 0.717) is 0 Å². The Hall–Kier alpha value is -6.20. The molecule has 0 atom stereocenters. The van der Waals surface area contributed by atoms with Crippen molar-refractivity contribution >= 4 is 79.0 Å². The predicted octanol–water partition coefficient (Wildman–Crippen LogP) is 15.7. The summed E-state index contributed by atoms with van der Waals surface area (Å²) in [4.78, 5) is 5.08. The summed E-state index contributed by atoms with van der Waals surface area (Å²) in [6.07, 6.45) is 0. The molecule has 0 saturated carbocycles. The summed E-state index contributed by atoms with van der Waals surface area (Å²) in [5, 5.41) is 2.44. The molecule has 0 saturated heterocycles. The minimum Gasteiger partial charge on any atom is -0.458 e. The predicted molar refractivity (Wildman–Crippen MR) is 294 cm³/mol. The average molecular weight is 896 g/mol. The molecule has 7 aromatic carbocycles. The molecule has 8 aromatic rings. The lowest BCUT2D eigenvalue weighted by molar-refractivity contribution is 0.479. The van der Waals surface area contributed by atoms with Crippen LogP contribution in [0.1, 0.15) is 132 Å². The zero-order chi connectivity index (χ0) is 48.6. The van der Waals surface area contributed by atoms with Crippen LogP contribution in [0.15, 0.2) is 133 Å². The fraction of sp³-hybridized carbons (Fsp3) is 0.333. The van der Waals surface area contributed by atoms with E-state index < -0.39 is 0 Å². The van der Waals surface area contributed by atoms with Gasteiger partial charge in [0.25, 0.3) is 6.71 Å². The van der Waals surface area contributed by atoms with Crippen molar-refractivity contribution in [2.24, 2.45) is 7.05 Å². The van der Waals surface area contributed by atoms with Crippen LogP contribution in [-0.4, -0.2) is 11.3 Å². The molecule has 2 aliphatic rings. The van der Waals surface area contributed by atoms with Gasteiger partial charge in [-0.3, -0.25) is 0 Å². The molecular weight excluding hydrogens is 826 g/mol. The summed E-state index contributed by atoms with van der Waals surface area (Å²) >= 11 is 0. The number of anilines is 6. The molecule has 0 unspecified atom stereocenters. The number of hydrogen-bond acceptors (Lipinski definition) is 3. The van der Waals surface area contributed by atoms with Gasteiger partial charge in [-0.05, 0) is 138 Å². The summed E-state index contributed by atoms with van der Waals surface area (Å²) in [6, 6.07) is 51.3. The highest BCUT2D eigenvalue weighted by Gasteiger charge is 2.44. The molecule has 0 bridgehead atoms. The Kier molecular flexibility index (Phi) is 10.3. The highest BCUT2D eigenvalue weighted by Crippen LogP contribution is 2.51. The maximum atomic E-state index is 7.20. The lowest BCUT2D eigenvalue weighted by Gasteiger charge is -2.42. The Morgan fingerprint density at radius 2 is 0.926 bits per heavy atom. The fourth-order valence-electron chi connectivity index (χ4n) is 10.7. The lowest BCUT2D eigenvalue weighted by atomic mass is 9.34. The zero-order valence-corrected chi connectivity index (χ0v) is 43.5. The van der Waals surface area contributed by atoms with Crippen molar-refractivity contribution in [1.29, 1.82) is 0 Å². The number of ether oxygens (including phenoxy) is 1. The normalized spacial score (nSPS) is 13.9. The van der Waals surface area contributed by atoms with Crippen LogP contribution in [-0.2, 0) is 34.1 Å². The van der Waals surface area contributed by atoms with Gasteiger partial charge in [0.2, 0.25) is 0 Å². The number of para-hydroxylation sites is 1. The Balaban J connectivity index is 1.30. The molecule has 3 heterocycles. The maximum Gasteiger partial charge on any atom is 0.256 e. The molecular formula is C63H70BN3O. The molecule has 5 heteroatoms. The van der Waals surface area contributed by atoms with Crippen molar-refractivity contribution in [2.45, 2.75) is 131 Å². The fourth-order valence-corrected chi connectivity index (χ4v) is 10.7. The Bertz CT molecular complexity index is 3230. The Morgan fingerprint density at radius 1 is 0.441 bits per heavy atom. The van der Waals surface area contributed by atoms with E-state index in [0.717, 1.165) is 34.2 Å². The molecule has 10 rings (SSSR count). The van der Waals surface area contributed by atoms with E-state index in [1.807, 2.05) is 0 Å². The molecule has 0 spiro atoms. The van der Waals surface area contributed by atoms with E-state index in [9.17, 15) is 0 Å². The molecule has 0 radical (unpaired) electrons. The molecule has 2 aliphatic heterocycles. The van der Waals surface area contributed by atoms with Crippen LogP contribution in [0, 0.1) is 0 Å². The summed E-state index contributed by atoms with van der Waals surface area (Å²) in [5.74, 6) is 1.90. The second-order valence-corrected chi connectivity index (χ2v) is 24.9. The second-order valence-electron chi connectivity index (χ2n) is 24.9. The van der Waals surface area contributed by atoms with Gasteiger partial charge in [-0.25, -0.2) is 0 Å². The van der Waals surface area contributed by atoms with Crippen LogP contribution in [0.4, 0.5) is 34.1 Å². The van der Waals surface area contributed by atoms with Gasteiger partial charge in [0.15, 0.2) is 0 Å². The first kappa shape index (κ1) is 45.6. The van der Waals surface area contributed by atoms with Crippen molar-refractivity contribution in [3.8, 4) is 11.5 Å². The van der Waals surface area contributed by atoms with Crippen molar-refractivity contribution in [2.75, 3.05) is 9.80 Å². The van der Waals surface area contributed by atoms with Crippen LogP contribution in [0.3, 0.4) is 0 Å². The molecule has 0 aliphatic carbocycles. The number of fused-ring (bicyclic) bond motifs is 7. The third-order valence-electron chi connectivity index (χ3n) is 14.8. The monoisotopic (exact) mass is 896 g/mol. The van der Waals surface area contributed by atoms with E-state index >= 15 is 0 Å². The summed E-state index contributed by atoms with van der Waals surface area (Å²) < 4.78 is 9.64.